The highest BCUT2D eigenvalue weighted by atomic mass is 35.5. The Morgan fingerprint density at radius 2 is 2.00 bits per heavy atom. The molecule has 0 spiro atoms. The molecule has 1 N–H and O–H groups in total. The van der Waals surface area contributed by atoms with Gasteiger partial charge in [0.25, 0.3) is 0 Å². The third-order valence-corrected chi connectivity index (χ3v) is 4.72. The van der Waals surface area contributed by atoms with Gasteiger partial charge in [0.05, 0.1) is 6.54 Å². The minimum absolute atomic E-state index is 0.0786. The lowest BCUT2D eigenvalue weighted by Gasteiger charge is -2.30. The van der Waals surface area contributed by atoms with E-state index in [9.17, 15) is 0 Å². The van der Waals surface area contributed by atoms with E-state index in [1.54, 1.807) is 0 Å². The Kier molecular flexibility index (Phi) is 5.11. The Bertz CT molecular complexity index is 754. The number of ether oxygens (including phenoxy) is 2. The first-order valence-electron chi connectivity index (χ1n) is 7.70. The first-order valence-corrected chi connectivity index (χ1v) is 8.49. The van der Waals surface area contributed by atoms with E-state index in [0.717, 1.165) is 22.7 Å². The van der Waals surface area contributed by atoms with Gasteiger partial charge in [0.15, 0.2) is 22.7 Å². The molecule has 0 fully saturated rings. The van der Waals surface area contributed by atoms with Crippen molar-refractivity contribution in [1.82, 2.24) is 4.90 Å². The van der Waals surface area contributed by atoms with Gasteiger partial charge in [0, 0.05) is 17.8 Å². The van der Waals surface area contributed by atoms with Crippen LogP contribution in [0.1, 0.15) is 5.56 Å². The monoisotopic (exact) mass is 362 g/mol. The Labute approximate surface area is 152 Å². The fourth-order valence-electron chi connectivity index (χ4n) is 2.49. The van der Waals surface area contributed by atoms with Crippen LogP contribution in [-0.4, -0.2) is 36.3 Å². The number of para-hydroxylation sites is 2. The van der Waals surface area contributed by atoms with Crippen molar-refractivity contribution >= 4 is 34.6 Å². The summed E-state index contributed by atoms with van der Waals surface area (Å²) in [4.78, 5) is 1.94. The van der Waals surface area contributed by atoms with E-state index in [1.165, 1.54) is 0 Å². The molecular weight excluding hydrogens is 344 g/mol. The number of hydrogen-bond donors (Lipinski definition) is 1. The zero-order valence-electron chi connectivity index (χ0n) is 13.6. The third-order valence-electron chi connectivity index (χ3n) is 3.90. The van der Waals surface area contributed by atoms with Gasteiger partial charge in [-0.1, -0.05) is 29.8 Å². The van der Waals surface area contributed by atoms with Crippen LogP contribution in [0.15, 0.2) is 42.5 Å². The maximum absolute atomic E-state index is 6.15. The van der Waals surface area contributed by atoms with Gasteiger partial charge < -0.3 is 19.7 Å². The zero-order chi connectivity index (χ0) is 17.1. The predicted molar refractivity (Wildman–Crippen MR) is 101 cm³/mol. The summed E-state index contributed by atoms with van der Waals surface area (Å²) < 4.78 is 11.7. The highest BCUT2D eigenvalue weighted by molar-refractivity contribution is 7.80. The lowest BCUT2D eigenvalue weighted by Crippen LogP contribution is -2.43. The summed E-state index contributed by atoms with van der Waals surface area (Å²) in [6, 6.07) is 13.4. The van der Waals surface area contributed by atoms with Crippen molar-refractivity contribution in [3.8, 4) is 11.5 Å². The Balaban J connectivity index is 1.60. The van der Waals surface area contributed by atoms with Gasteiger partial charge in [-0.25, -0.2) is 0 Å². The summed E-state index contributed by atoms with van der Waals surface area (Å²) in [5.74, 6) is 1.55. The van der Waals surface area contributed by atoms with Crippen molar-refractivity contribution in [2.24, 2.45) is 0 Å². The predicted octanol–water partition coefficient (Wildman–Crippen LogP) is 4.12. The smallest absolute Gasteiger partial charge is 0.173 e. The van der Waals surface area contributed by atoms with E-state index < -0.39 is 0 Å². The van der Waals surface area contributed by atoms with Crippen LogP contribution in [0.25, 0.3) is 0 Å². The van der Waals surface area contributed by atoms with Crippen LogP contribution in [0.2, 0.25) is 5.02 Å². The maximum Gasteiger partial charge on any atom is 0.173 e. The molecule has 0 radical (unpaired) electrons. The molecule has 6 heteroatoms. The minimum atomic E-state index is -0.0786. The summed E-state index contributed by atoms with van der Waals surface area (Å²) in [6.07, 6.45) is -0.0786. The van der Waals surface area contributed by atoms with E-state index in [4.69, 9.17) is 33.3 Å². The number of halogens is 1. The van der Waals surface area contributed by atoms with Crippen molar-refractivity contribution in [3.05, 3.63) is 53.1 Å². The van der Waals surface area contributed by atoms with E-state index in [0.29, 0.717) is 23.3 Å². The lowest BCUT2D eigenvalue weighted by molar-refractivity contribution is 0.0784. The van der Waals surface area contributed by atoms with Crippen molar-refractivity contribution < 1.29 is 9.47 Å². The molecule has 126 valence electrons. The molecule has 1 aliphatic heterocycles. The maximum atomic E-state index is 6.15. The largest absolute Gasteiger partial charge is 0.486 e. The average molecular weight is 363 g/mol. The van der Waals surface area contributed by atoms with Crippen molar-refractivity contribution in [1.29, 1.82) is 0 Å². The van der Waals surface area contributed by atoms with Gasteiger partial charge >= 0.3 is 0 Å². The summed E-state index contributed by atoms with van der Waals surface area (Å²) >= 11 is 11.6. The minimum Gasteiger partial charge on any atom is -0.486 e. The molecule has 3 rings (SSSR count). The Morgan fingerprint density at radius 3 is 2.79 bits per heavy atom. The molecule has 1 atom stereocenters. The van der Waals surface area contributed by atoms with Crippen LogP contribution >= 0.6 is 23.8 Å². The molecule has 0 saturated heterocycles. The molecular formula is C18H19ClN2O2S. The van der Waals surface area contributed by atoms with Crippen LogP contribution in [0.5, 0.6) is 11.5 Å². The number of fused-ring (bicyclic) bond motifs is 1. The highest BCUT2D eigenvalue weighted by Crippen LogP contribution is 2.31. The molecule has 24 heavy (non-hydrogen) atoms. The number of thiocarbonyl (C=S) groups is 1. The van der Waals surface area contributed by atoms with Gasteiger partial charge in [-0.15, -0.1) is 0 Å². The van der Waals surface area contributed by atoms with E-state index >= 15 is 0 Å². The first-order chi connectivity index (χ1) is 11.5. The molecule has 4 nitrogen and oxygen atoms in total. The first kappa shape index (κ1) is 16.9. The average Bonchev–Trinajstić information content (AvgIpc) is 2.58. The Hall–Kier alpha value is -1.98. The number of rotatable bonds is 3. The van der Waals surface area contributed by atoms with E-state index in [1.807, 2.05) is 61.3 Å². The van der Waals surface area contributed by atoms with Gasteiger partial charge in [-0.3, -0.25) is 0 Å². The van der Waals surface area contributed by atoms with Crippen LogP contribution < -0.4 is 14.8 Å². The second-order valence-electron chi connectivity index (χ2n) is 5.72. The topological polar surface area (TPSA) is 33.7 Å². The molecule has 0 bridgehead atoms. The summed E-state index contributed by atoms with van der Waals surface area (Å²) in [5, 5.41) is 4.56. The van der Waals surface area contributed by atoms with Crippen LogP contribution in [-0.2, 0) is 0 Å². The number of anilines is 1. The van der Waals surface area contributed by atoms with Gasteiger partial charge in [-0.05, 0) is 49.0 Å². The molecule has 2 aromatic carbocycles. The molecule has 1 heterocycles. The third kappa shape index (κ3) is 3.74. The number of nitrogens with one attached hydrogen (secondary N) is 1. The second kappa shape index (κ2) is 7.28. The van der Waals surface area contributed by atoms with Gasteiger partial charge in [0.2, 0.25) is 0 Å². The molecule has 0 aromatic heterocycles. The normalized spacial score (nSPS) is 15.7. The molecule has 1 aliphatic rings. The highest BCUT2D eigenvalue weighted by Gasteiger charge is 2.22. The van der Waals surface area contributed by atoms with Crippen LogP contribution in [0, 0.1) is 6.92 Å². The fourth-order valence-corrected chi connectivity index (χ4v) is 2.85. The summed E-state index contributed by atoms with van der Waals surface area (Å²) in [6.45, 7) is 3.09. The zero-order valence-corrected chi connectivity index (χ0v) is 15.2. The number of likely N-dealkylation sites (N-methyl/N-ethyl adjacent to an activating group) is 1. The lowest BCUT2D eigenvalue weighted by atomic mass is 10.2. The van der Waals surface area contributed by atoms with E-state index in [-0.39, 0.29) is 6.10 Å². The van der Waals surface area contributed by atoms with Gasteiger partial charge in [0.1, 0.15) is 6.61 Å². The molecule has 0 amide bonds. The van der Waals surface area contributed by atoms with E-state index in [2.05, 4.69) is 5.32 Å². The number of nitrogens with zero attached hydrogens (tertiary/aromatic N) is 1. The quantitative estimate of drug-likeness (QED) is 0.831. The molecule has 0 aliphatic carbocycles. The van der Waals surface area contributed by atoms with Gasteiger partial charge in [-0.2, -0.15) is 0 Å². The summed E-state index contributed by atoms with van der Waals surface area (Å²) in [5.41, 5.74) is 1.88. The van der Waals surface area contributed by atoms with Crippen LogP contribution in [0.3, 0.4) is 0 Å². The summed E-state index contributed by atoms with van der Waals surface area (Å²) in [7, 11) is 1.93. The number of hydrogen-bond acceptors (Lipinski definition) is 3. The van der Waals surface area contributed by atoms with Crippen molar-refractivity contribution in [3.63, 3.8) is 0 Å². The molecule has 1 unspecified atom stereocenters. The van der Waals surface area contributed by atoms with Crippen molar-refractivity contribution in [2.45, 2.75) is 13.0 Å². The van der Waals surface area contributed by atoms with Crippen molar-refractivity contribution in [2.75, 3.05) is 25.5 Å². The second-order valence-corrected chi connectivity index (χ2v) is 6.51. The molecule has 2 aromatic rings. The molecule has 0 saturated carbocycles. The Morgan fingerprint density at radius 1 is 1.25 bits per heavy atom. The number of benzene rings is 2. The fraction of sp³-hybridized carbons (Fsp3) is 0.278. The standard InChI is InChI=1S/C18H19ClN2O2S/c1-12-14(19)6-5-7-15(12)20-18(24)21(2)10-13-11-22-16-8-3-4-9-17(16)23-13/h3-9,13H,10-11H2,1-2H3,(H,20,24). The SMILES string of the molecule is Cc1c(Cl)cccc1NC(=S)N(C)CC1COc2ccccc2O1. The van der Waals surface area contributed by atoms with Crippen LogP contribution in [0.4, 0.5) is 5.69 Å².